The summed E-state index contributed by atoms with van der Waals surface area (Å²) in [6, 6.07) is 1.30. The molecule has 0 aliphatic carbocycles. The molecule has 0 saturated carbocycles. The third-order valence-electron chi connectivity index (χ3n) is 4.81. The predicted octanol–water partition coefficient (Wildman–Crippen LogP) is 0.463. The van der Waals surface area contributed by atoms with E-state index in [0.717, 1.165) is 0 Å². The Labute approximate surface area is 163 Å². The van der Waals surface area contributed by atoms with Gasteiger partial charge in [-0.25, -0.2) is 9.98 Å². The Morgan fingerprint density at radius 2 is 2.26 bits per heavy atom. The first-order valence-electron chi connectivity index (χ1n) is 8.13. The van der Waals surface area contributed by atoms with Gasteiger partial charge in [-0.05, 0) is 13.2 Å². The molecule has 0 bridgehead atoms. The number of ether oxygens (including phenoxy) is 1. The van der Waals surface area contributed by atoms with Crippen LogP contribution in [0.2, 0.25) is 0 Å². The summed E-state index contributed by atoms with van der Waals surface area (Å²) in [5, 5.41) is 35.2. The van der Waals surface area contributed by atoms with Crippen molar-refractivity contribution in [1.29, 1.82) is 0 Å². The molecule has 2 aliphatic rings. The molecular weight excluding hydrogens is 392 g/mol. The second-order valence-electron chi connectivity index (χ2n) is 6.60. The van der Waals surface area contributed by atoms with Crippen LogP contribution in [0.4, 0.5) is 11.6 Å². The summed E-state index contributed by atoms with van der Waals surface area (Å²) in [5.74, 6) is 0.787. The van der Waals surface area contributed by atoms with Gasteiger partial charge in [-0.3, -0.25) is 4.79 Å². The molecule has 2 aliphatic heterocycles. The number of amidine groups is 1. The minimum Gasteiger partial charge on any atom is -0.394 e. The normalized spacial score (nSPS) is 29.7. The van der Waals surface area contributed by atoms with E-state index >= 15 is 0 Å². The molecule has 0 aromatic carbocycles. The highest BCUT2D eigenvalue weighted by Gasteiger charge is 2.53. The van der Waals surface area contributed by atoms with Gasteiger partial charge < -0.3 is 29.9 Å². The molecule has 9 nitrogen and oxygen atoms in total. The van der Waals surface area contributed by atoms with Gasteiger partial charge in [0.25, 0.3) is 0 Å². The molecule has 144 valence electrons. The van der Waals surface area contributed by atoms with Crippen molar-refractivity contribution in [3.8, 4) is 0 Å². The standard InChI is InChI=1S/C16H18N4O5S2/c1-16(24)11(23)8(5-21)25-14(16)20-4-6-7(22)3-9(26)17-12-10(6)13(20)19-15(18-12)27-2/h3-4,8,11,14,21,23-24,26H,5H2,1-2H3,(H,17,18,19)/t8-,11-,14?,16-/m1/s1. The van der Waals surface area contributed by atoms with Crippen LogP contribution in [0.25, 0.3) is 10.8 Å². The first-order chi connectivity index (χ1) is 12.8. The van der Waals surface area contributed by atoms with Crippen LogP contribution in [0, 0.1) is 0 Å². The molecule has 4 atom stereocenters. The fraction of sp³-hybridized carbons (Fsp3) is 0.438. The molecule has 11 heteroatoms. The molecule has 4 rings (SSSR count). The van der Waals surface area contributed by atoms with Crippen molar-refractivity contribution in [2.24, 2.45) is 4.99 Å². The van der Waals surface area contributed by atoms with Crippen molar-refractivity contribution in [1.82, 2.24) is 9.55 Å². The number of thioether (sulfide) groups is 1. The highest BCUT2D eigenvalue weighted by molar-refractivity contribution is 8.13. The summed E-state index contributed by atoms with van der Waals surface area (Å²) in [4.78, 5) is 21.4. The highest BCUT2D eigenvalue weighted by Crippen LogP contribution is 2.44. The minimum absolute atomic E-state index is 0.262. The SMILES string of the molecule is CSC1=Nc2c3c(nc(S)cc(=O)c3cn2C2O[C@H](CO)[C@@H](O)[C@@]2(C)O)N1. The third-order valence-corrected chi connectivity index (χ3v) is 5.62. The number of anilines is 1. The second-order valence-corrected chi connectivity index (χ2v) is 7.86. The fourth-order valence-electron chi connectivity index (χ4n) is 3.43. The molecule has 4 heterocycles. The molecular formula is C16H18N4O5S2. The maximum atomic E-state index is 12.6. The van der Waals surface area contributed by atoms with Gasteiger partial charge in [0.05, 0.1) is 22.4 Å². The van der Waals surface area contributed by atoms with Gasteiger partial charge in [-0.15, -0.1) is 12.6 Å². The van der Waals surface area contributed by atoms with Crippen molar-refractivity contribution in [2.45, 2.75) is 36.0 Å². The van der Waals surface area contributed by atoms with Gasteiger partial charge in [0.1, 0.15) is 29.4 Å². The molecule has 0 spiro atoms. The van der Waals surface area contributed by atoms with E-state index in [4.69, 9.17) is 4.74 Å². The molecule has 1 unspecified atom stereocenters. The van der Waals surface area contributed by atoms with E-state index < -0.39 is 30.6 Å². The van der Waals surface area contributed by atoms with Crippen LogP contribution in [0.5, 0.6) is 0 Å². The van der Waals surface area contributed by atoms with Crippen molar-refractivity contribution >= 4 is 52.0 Å². The topological polar surface area (TPSA) is 129 Å². The molecule has 0 amide bonds. The van der Waals surface area contributed by atoms with Gasteiger partial charge in [0.2, 0.25) is 0 Å². The number of hydrogen-bond donors (Lipinski definition) is 5. The zero-order chi connectivity index (χ0) is 19.5. The molecule has 1 saturated heterocycles. The Hall–Kier alpha value is -1.63. The van der Waals surface area contributed by atoms with E-state index in [2.05, 4.69) is 27.9 Å². The lowest BCUT2D eigenvalue weighted by Crippen LogP contribution is -2.44. The second kappa shape index (κ2) is 6.47. The summed E-state index contributed by atoms with van der Waals surface area (Å²) >= 11 is 5.56. The van der Waals surface area contributed by atoms with E-state index in [-0.39, 0.29) is 10.5 Å². The average molecular weight is 410 g/mol. The Morgan fingerprint density at radius 3 is 2.89 bits per heavy atom. The van der Waals surface area contributed by atoms with Gasteiger partial charge >= 0.3 is 0 Å². The minimum atomic E-state index is -1.70. The lowest BCUT2D eigenvalue weighted by atomic mass is 9.96. The monoisotopic (exact) mass is 410 g/mol. The van der Waals surface area contributed by atoms with Gasteiger partial charge in [0, 0.05) is 12.3 Å². The van der Waals surface area contributed by atoms with Crippen LogP contribution in [0.3, 0.4) is 0 Å². The number of thiol groups is 1. The van der Waals surface area contributed by atoms with Crippen molar-refractivity contribution in [3.05, 3.63) is 22.5 Å². The zero-order valence-corrected chi connectivity index (χ0v) is 16.2. The number of aromatic nitrogens is 2. The van der Waals surface area contributed by atoms with Crippen molar-refractivity contribution < 1.29 is 20.1 Å². The van der Waals surface area contributed by atoms with E-state index in [9.17, 15) is 20.1 Å². The van der Waals surface area contributed by atoms with Crippen LogP contribution in [0.1, 0.15) is 13.2 Å². The van der Waals surface area contributed by atoms with Gasteiger partial charge in [0.15, 0.2) is 16.8 Å². The number of aliphatic hydroxyl groups is 3. The molecule has 4 N–H and O–H groups in total. The van der Waals surface area contributed by atoms with Gasteiger partial charge in [-0.1, -0.05) is 11.8 Å². The first-order valence-corrected chi connectivity index (χ1v) is 9.80. The number of rotatable bonds is 2. The number of nitrogens with one attached hydrogen (secondary N) is 1. The molecule has 0 radical (unpaired) electrons. The summed E-state index contributed by atoms with van der Waals surface area (Å²) in [5.41, 5.74) is -2.01. The van der Waals surface area contributed by atoms with Crippen LogP contribution < -0.4 is 10.7 Å². The summed E-state index contributed by atoms with van der Waals surface area (Å²) in [7, 11) is 0. The quantitative estimate of drug-likeness (QED) is 0.452. The lowest BCUT2D eigenvalue weighted by molar-refractivity contribution is -0.0955. The maximum absolute atomic E-state index is 12.6. The average Bonchev–Trinajstić information content (AvgIpc) is 3.06. The van der Waals surface area contributed by atoms with Gasteiger partial charge in [-0.2, -0.15) is 0 Å². The Bertz CT molecular complexity index is 1020. The summed E-state index contributed by atoms with van der Waals surface area (Å²) < 4.78 is 7.20. The maximum Gasteiger partial charge on any atom is 0.190 e. The third kappa shape index (κ3) is 2.77. The Balaban J connectivity index is 2.01. The molecule has 1 fully saturated rings. The predicted molar refractivity (Wildman–Crippen MR) is 105 cm³/mol. The van der Waals surface area contributed by atoms with Crippen LogP contribution in [0.15, 0.2) is 27.1 Å². The van der Waals surface area contributed by atoms with E-state index in [1.807, 2.05) is 6.26 Å². The summed E-state index contributed by atoms with van der Waals surface area (Å²) in [6.45, 7) is 0.959. The number of aliphatic imine (C=N–C) groups is 1. The van der Waals surface area contributed by atoms with Crippen LogP contribution >= 0.6 is 24.4 Å². The number of hydrogen-bond acceptors (Lipinski definition) is 10. The largest absolute Gasteiger partial charge is 0.394 e. The zero-order valence-electron chi connectivity index (χ0n) is 14.4. The molecule has 2 aromatic heterocycles. The van der Waals surface area contributed by atoms with E-state index in [0.29, 0.717) is 27.6 Å². The van der Waals surface area contributed by atoms with Crippen LogP contribution in [-0.2, 0) is 4.74 Å². The van der Waals surface area contributed by atoms with Crippen LogP contribution in [-0.4, -0.2) is 60.7 Å². The highest BCUT2D eigenvalue weighted by atomic mass is 32.2. The van der Waals surface area contributed by atoms with Crippen molar-refractivity contribution in [2.75, 3.05) is 18.2 Å². The molecule has 2 aromatic rings. The fourth-order valence-corrected chi connectivity index (χ4v) is 4.02. The van der Waals surface area contributed by atoms with E-state index in [1.54, 1.807) is 0 Å². The number of nitrogens with zero attached hydrogens (tertiary/aromatic N) is 3. The smallest absolute Gasteiger partial charge is 0.190 e. The number of aliphatic hydroxyl groups excluding tert-OH is 2. The first kappa shape index (κ1) is 18.7. The Morgan fingerprint density at radius 1 is 1.52 bits per heavy atom. The lowest BCUT2D eigenvalue weighted by Gasteiger charge is -2.28. The summed E-state index contributed by atoms with van der Waals surface area (Å²) in [6.07, 6.45) is 0.0349. The van der Waals surface area contributed by atoms with Crippen molar-refractivity contribution in [3.63, 3.8) is 0 Å². The van der Waals surface area contributed by atoms with E-state index in [1.165, 1.54) is 35.5 Å². The Kier molecular flexibility index (Phi) is 4.48. The molecule has 27 heavy (non-hydrogen) atoms.